The van der Waals surface area contributed by atoms with Crippen molar-refractivity contribution in [1.29, 1.82) is 0 Å². The van der Waals surface area contributed by atoms with Crippen LogP contribution in [0.1, 0.15) is 13.8 Å². The number of anilines is 1. The van der Waals surface area contributed by atoms with E-state index in [0.717, 1.165) is 0 Å². The first-order chi connectivity index (χ1) is 8.49. The summed E-state index contributed by atoms with van der Waals surface area (Å²) in [5.41, 5.74) is 5.84. The van der Waals surface area contributed by atoms with E-state index in [0.29, 0.717) is 25.4 Å². The first kappa shape index (κ1) is 12.8. The highest BCUT2D eigenvalue weighted by Gasteiger charge is 2.32. The number of pyridine rings is 1. The zero-order valence-corrected chi connectivity index (χ0v) is 10.7. The van der Waals surface area contributed by atoms with Crippen LogP contribution in [0.5, 0.6) is 0 Å². The number of carbonyl (C=O) groups excluding carboxylic acids is 1. The standard InChI is InChI=1S/C12H18N4O2/c1-12(2)9-15(6-7-18-12)16(11(13)17)10-4-3-5-14-8-10/h3-5,8H,6-7,9H2,1-2H3,(H2,13,17). The second-order valence-electron chi connectivity index (χ2n) is 4.86. The number of morpholine rings is 1. The summed E-state index contributed by atoms with van der Waals surface area (Å²) in [6.07, 6.45) is 3.28. The van der Waals surface area contributed by atoms with Crippen molar-refractivity contribution in [1.82, 2.24) is 9.99 Å². The van der Waals surface area contributed by atoms with Gasteiger partial charge in [0.05, 0.1) is 24.1 Å². The molecule has 6 nitrogen and oxygen atoms in total. The molecule has 1 fully saturated rings. The Balaban J connectivity index is 2.23. The summed E-state index contributed by atoms with van der Waals surface area (Å²) < 4.78 is 5.63. The number of hydrazine groups is 1. The van der Waals surface area contributed by atoms with Crippen molar-refractivity contribution in [3.8, 4) is 0 Å². The molecule has 1 aliphatic rings. The minimum Gasteiger partial charge on any atom is -0.373 e. The lowest BCUT2D eigenvalue weighted by Crippen LogP contribution is -2.58. The number of nitrogens with zero attached hydrogens (tertiary/aromatic N) is 3. The van der Waals surface area contributed by atoms with Crippen LogP contribution in [0.4, 0.5) is 10.5 Å². The Kier molecular flexibility index (Phi) is 3.49. The smallest absolute Gasteiger partial charge is 0.334 e. The SMILES string of the molecule is CC1(C)CN(N(C(N)=O)c2cccnc2)CCO1. The molecule has 6 heteroatoms. The highest BCUT2D eigenvalue weighted by atomic mass is 16.5. The summed E-state index contributed by atoms with van der Waals surface area (Å²) >= 11 is 0. The molecule has 1 aliphatic heterocycles. The van der Waals surface area contributed by atoms with Crippen LogP contribution in [0.25, 0.3) is 0 Å². The average molecular weight is 250 g/mol. The maximum atomic E-state index is 11.6. The van der Waals surface area contributed by atoms with E-state index >= 15 is 0 Å². The maximum Gasteiger partial charge on any atom is 0.334 e. The highest BCUT2D eigenvalue weighted by molar-refractivity contribution is 5.89. The van der Waals surface area contributed by atoms with E-state index in [2.05, 4.69) is 4.98 Å². The number of hydrogen-bond donors (Lipinski definition) is 1. The second kappa shape index (κ2) is 4.91. The lowest BCUT2D eigenvalue weighted by Gasteiger charge is -2.42. The van der Waals surface area contributed by atoms with Gasteiger partial charge in [0.25, 0.3) is 0 Å². The quantitative estimate of drug-likeness (QED) is 0.849. The van der Waals surface area contributed by atoms with Gasteiger partial charge in [-0.15, -0.1) is 0 Å². The molecule has 2 rings (SSSR count). The van der Waals surface area contributed by atoms with Crippen LogP contribution in [-0.4, -0.2) is 41.3 Å². The van der Waals surface area contributed by atoms with E-state index in [1.54, 1.807) is 24.5 Å². The van der Waals surface area contributed by atoms with Crippen molar-refractivity contribution in [2.75, 3.05) is 24.7 Å². The van der Waals surface area contributed by atoms with Gasteiger partial charge in [-0.1, -0.05) is 0 Å². The number of ether oxygens (including phenoxy) is 1. The van der Waals surface area contributed by atoms with Gasteiger partial charge in [-0.05, 0) is 26.0 Å². The van der Waals surface area contributed by atoms with E-state index in [4.69, 9.17) is 10.5 Å². The number of nitrogens with two attached hydrogens (primary N) is 1. The van der Waals surface area contributed by atoms with Crippen LogP contribution in [0.15, 0.2) is 24.5 Å². The molecular weight excluding hydrogens is 232 g/mol. The van der Waals surface area contributed by atoms with Crippen molar-refractivity contribution < 1.29 is 9.53 Å². The maximum absolute atomic E-state index is 11.6. The van der Waals surface area contributed by atoms with Gasteiger partial charge in [-0.3, -0.25) is 4.98 Å². The van der Waals surface area contributed by atoms with E-state index in [1.165, 1.54) is 5.01 Å². The molecule has 2 heterocycles. The molecular formula is C12H18N4O2. The summed E-state index contributed by atoms with van der Waals surface area (Å²) in [7, 11) is 0. The van der Waals surface area contributed by atoms with Crippen molar-refractivity contribution in [2.24, 2.45) is 5.73 Å². The van der Waals surface area contributed by atoms with Gasteiger partial charge < -0.3 is 10.5 Å². The highest BCUT2D eigenvalue weighted by Crippen LogP contribution is 2.22. The van der Waals surface area contributed by atoms with Crippen LogP contribution >= 0.6 is 0 Å². The molecule has 0 unspecified atom stereocenters. The van der Waals surface area contributed by atoms with Crippen LogP contribution in [0, 0.1) is 0 Å². The van der Waals surface area contributed by atoms with Crippen LogP contribution < -0.4 is 10.7 Å². The lowest BCUT2D eigenvalue weighted by atomic mass is 10.1. The number of carbonyl (C=O) groups is 1. The molecule has 0 saturated carbocycles. The molecule has 1 saturated heterocycles. The first-order valence-electron chi connectivity index (χ1n) is 5.88. The van der Waals surface area contributed by atoms with Crippen LogP contribution in [0.3, 0.4) is 0 Å². The fourth-order valence-corrected chi connectivity index (χ4v) is 2.07. The molecule has 18 heavy (non-hydrogen) atoms. The normalized spacial score (nSPS) is 19.4. The minimum absolute atomic E-state index is 0.297. The predicted octanol–water partition coefficient (Wildman–Crippen LogP) is 0.993. The molecule has 0 spiro atoms. The molecule has 2 amide bonds. The molecule has 0 atom stereocenters. The van der Waals surface area contributed by atoms with E-state index in [-0.39, 0.29) is 5.60 Å². The lowest BCUT2D eigenvalue weighted by molar-refractivity contribution is -0.0861. The fraction of sp³-hybridized carbons (Fsp3) is 0.500. The zero-order valence-electron chi connectivity index (χ0n) is 10.7. The van der Waals surface area contributed by atoms with Gasteiger partial charge in [-0.25, -0.2) is 14.8 Å². The number of amides is 2. The second-order valence-corrected chi connectivity index (χ2v) is 4.86. The average Bonchev–Trinajstić information content (AvgIpc) is 2.28. The summed E-state index contributed by atoms with van der Waals surface area (Å²) in [6, 6.07) is 3.07. The Morgan fingerprint density at radius 1 is 1.61 bits per heavy atom. The van der Waals surface area contributed by atoms with Crippen molar-refractivity contribution >= 4 is 11.7 Å². The molecule has 98 valence electrons. The van der Waals surface area contributed by atoms with Crippen molar-refractivity contribution in [3.63, 3.8) is 0 Å². The molecule has 1 aromatic rings. The monoisotopic (exact) mass is 250 g/mol. The van der Waals surface area contributed by atoms with E-state index in [1.807, 2.05) is 18.9 Å². The van der Waals surface area contributed by atoms with Gasteiger partial charge in [0.1, 0.15) is 0 Å². The minimum atomic E-state index is -0.513. The van der Waals surface area contributed by atoms with Crippen molar-refractivity contribution in [2.45, 2.75) is 19.4 Å². The third-order valence-electron chi connectivity index (χ3n) is 2.79. The Morgan fingerprint density at radius 2 is 2.39 bits per heavy atom. The summed E-state index contributed by atoms with van der Waals surface area (Å²) in [5.74, 6) is 0. The van der Waals surface area contributed by atoms with Gasteiger partial charge in [0.2, 0.25) is 0 Å². The summed E-state index contributed by atoms with van der Waals surface area (Å²) in [5, 5.41) is 3.35. The van der Waals surface area contributed by atoms with Gasteiger partial charge in [0, 0.05) is 19.3 Å². The van der Waals surface area contributed by atoms with Crippen molar-refractivity contribution in [3.05, 3.63) is 24.5 Å². The third kappa shape index (κ3) is 2.77. The molecule has 0 radical (unpaired) electrons. The van der Waals surface area contributed by atoms with Gasteiger partial charge in [0.15, 0.2) is 0 Å². The van der Waals surface area contributed by atoms with E-state index < -0.39 is 6.03 Å². The Hall–Kier alpha value is -1.66. The van der Waals surface area contributed by atoms with Crippen LogP contribution in [-0.2, 0) is 4.74 Å². The molecule has 0 aromatic carbocycles. The molecule has 1 aromatic heterocycles. The molecule has 2 N–H and O–H groups in total. The van der Waals surface area contributed by atoms with E-state index in [9.17, 15) is 4.79 Å². The summed E-state index contributed by atoms with van der Waals surface area (Å²) in [6.45, 7) is 5.77. The fourth-order valence-electron chi connectivity index (χ4n) is 2.07. The third-order valence-corrected chi connectivity index (χ3v) is 2.79. The molecule has 0 bridgehead atoms. The van der Waals surface area contributed by atoms with Gasteiger partial charge in [-0.2, -0.15) is 0 Å². The zero-order chi connectivity index (χ0) is 13.2. The van der Waals surface area contributed by atoms with Gasteiger partial charge >= 0.3 is 6.03 Å². The number of aromatic nitrogens is 1. The topological polar surface area (TPSA) is 71.7 Å². The summed E-state index contributed by atoms with van der Waals surface area (Å²) in [4.78, 5) is 15.7. The molecule has 0 aliphatic carbocycles. The first-order valence-corrected chi connectivity index (χ1v) is 5.88. The number of hydrogen-bond acceptors (Lipinski definition) is 4. The number of primary amides is 1. The predicted molar refractivity (Wildman–Crippen MR) is 67.9 cm³/mol. The Morgan fingerprint density at radius 3 is 2.94 bits per heavy atom. The number of rotatable bonds is 2. The van der Waals surface area contributed by atoms with Crippen LogP contribution in [0.2, 0.25) is 0 Å². The number of urea groups is 1. The Bertz CT molecular complexity index is 421. The Labute approximate surface area is 106 Å². The largest absolute Gasteiger partial charge is 0.373 e.